The predicted octanol–water partition coefficient (Wildman–Crippen LogP) is 3.31. The van der Waals surface area contributed by atoms with Crippen LogP contribution in [0.15, 0.2) is 36.9 Å². The van der Waals surface area contributed by atoms with Gasteiger partial charge in [-0.2, -0.15) is 0 Å². The molecule has 2 aromatic rings. The summed E-state index contributed by atoms with van der Waals surface area (Å²) in [6.07, 6.45) is 4.96. The maximum atomic E-state index is 13.9. The van der Waals surface area contributed by atoms with E-state index in [2.05, 4.69) is 25.8 Å². The van der Waals surface area contributed by atoms with Crippen LogP contribution in [-0.2, 0) is 5.41 Å². The summed E-state index contributed by atoms with van der Waals surface area (Å²) < 4.78 is 15.6. The van der Waals surface area contributed by atoms with E-state index in [4.69, 9.17) is 0 Å². The molecule has 0 amide bonds. The highest BCUT2D eigenvalue weighted by molar-refractivity contribution is 5.38. The second-order valence-electron chi connectivity index (χ2n) is 4.89. The van der Waals surface area contributed by atoms with Gasteiger partial charge in [0.2, 0.25) is 0 Å². The maximum Gasteiger partial charge on any atom is 0.147 e. The van der Waals surface area contributed by atoms with Gasteiger partial charge in [-0.05, 0) is 23.1 Å². The molecule has 84 valence electrons. The van der Waals surface area contributed by atoms with Gasteiger partial charge >= 0.3 is 0 Å². The van der Waals surface area contributed by atoms with Crippen molar-refractivity contribution >= 4 is 0 Å². The Morgan fingerprint density at radius 1 is 1.25 bits per heavy atom. The summed E-state index contributed by atoms with van der Waals surface area (Å²) in [7, 11) is 0. The highest BCUT2D eigenvalue weighted by atomic mass is 19.1. The molecule has 2 rings (SSSR count). The topological polar surface area (TPSA) is 17.8 Å². The van der Waals surface area contributed by atoms with Gasteiger partial charge in [0, 0.05) is 12.4 Å². The molecule has 0 aliphatic heterocycles. The number of rotatable bonds is 1. The highest BCUT2D eigenvalue weighted by Crippen LogP contribution is 2.25. The van der Waals surface area contributed by atoms with Gasteiger partial charge in [-0.15, -0.1) is 0 Å². The molecule has 16 heavy (non-hydrogen) atoms. The second kappa shape index (κ2) is 3.74. The fourth-order valence-electron chi connectivity index (χ4n) is 1.58. The Morgan fingerprint density at radius 2 is 2.00 bits per heavy atom. The molecule has 0 aliphatic carbocycles. The Hall–Kier alpha value is -1.64. The van der Waals surface area contributed by atoms with E-state index in [0.29, 0.717) is 5.69 Å². The molecule has 1 heterocycles. The minimum absolute atomic E-state index is 0.0334. The van der Waals surface area contributed by atoms with E-state index in [0.717, 1.165) is 5.56 Å². The first-order chi connectivity index (χ1) is 7.48. The van der Waals surface area contributed by atoms with Crippen LogP contribution < -0.4 is 0 Å². The number of hydrogen-bond acceptors (Lipinski definition) is 1. The smallest absolute Gasteiger partial charge is 0.147 e. The minimum atomic E-state index is -0.217. The molecule has 0 bridgehead atoms. The third kappa shape index (κ3) is 1.98. The normalized spacial score (nSPS) is 11.8. The monoisotopic (exact) mass is 218 g/mol. The number of halogens is 1. The van der Waals surface area contributed by atoms with E-state index in [9.17, 15) is 4.39 Å². The van der Waals surface area contributed by atoms with Gasteiger partial charge in [0.1, 0.15) is 5.82 Å². The number of nitrogens with zero attached hydrogens (tertiary/aromatic N) is 2. The van der Waals surface area contributed by atoms with Crippen LogP contribution in [0.5, 0.6) is 0 Å². The van der Waals surface area contributed by atoms with E-state index < -0.39 is 0 Å². The summed E-state index contributed by atoms with van der Waals surface area (Å²) in [4.78, 5) is 3.91. The van der Waals surface area contributed by atoms with Crippen molar-refractivity contribution in [3.63, 3.8) is 0 Å². The van der Waals surface area contributed by atoms with Crippen molar-refractivity contribution in [2.75, 3.05) is 0 Å². The third-order valence-electron chi connectivity index (χ3n) is 2.60. The van der Waals surface area contributed by atoms with Crippen molar-refractivity contribution in [3.8, 4) is 5.69 Å². The van der Waals surface area contributed by atoms with Crippen molar-refractivity contribution < 1.29 is 4.39 Å². The molecule has 0 fully saturated rings. The Morgan fingerprint density at radius 3 is 2.50 bits per heavy atom. The van der Waals surface area contributed by atoms with Crippen LogP contribution in [-0.4, -0.2) is 9.55 Å². The molecule has 3 heteroatoms. The molecular weight excluding hydrogens is 203 g/mol. The first-order valence-corrected chi connectivity index (χ1v) is 5.27. The zero-order valence-electron chi connectivity index (χ0n) is 9.74. The van der Waals surface area contributed by atoms with Gasteiger partial charge in [-0.3, -0.25) is 0 Å². The predicted molar refractivity (Wildman–Crippen MR) is 62.2 cm³/mol. The van der Waals surface area contributed by atoms with Crippen LogP contribution in [0, 0.1) is 5.82 Å². The Balaban J connectivity index is 2.46. The van der Waals surface area contributed by atoms with Crippen molar-refractivity contribution in [2.45, 2.75) is 26.2 Å². The summed E-state index contributed by atoms with van der Waals surface area (Å²) in [5.41, 5.74) is 1.49. The number of imidazole rings is 1. The van der Waals surface area contributed by atoms with E-state index in [1.54, 1.807) is 35.4 Å². The zero-order chi connectivity index (χ0) is 11.8. The number of aromatic nitrogens is 2. The van der Waals surface area contributed by atoms with Crippen LogP contribution in [0.1, 0.15) is 26.3 Å². The molecule has 1 aromatic heterocycles. The van der Waals surface area contributed by atoms with E-state index >= 15 is 0 Å². The van der Waals surface area contributed by atoms with Gasteiger partial charge in [-0.25, -0.2) is 9.37 Å². The molecule has 1 aromatic carbocycles. The van der Waals surface area contributed by atoms with Crippen LogP contribution in [0.3, 0.4) is 0 Å². The fraction of sp³-hybridized carbons (Fsp3) is 0.308. The third-order valence-corrected chi connectivity index (χ3v) is 2.60. The lowest BCUT2D eigenvalue weighted by atomic mass is 9.87. The van der Waals surface area contributed by atoms with Crippen LogP contribution >= 0.6 is 0 Å². The van der Waals surface area contributed by atoms with Gasteiger partial charge in [0.25, 0.3) is 0 Å². The first-order valence-electron chi connectivity index (χ1n) is 5.27. The molecule has 0 spiro atoms. The van der Waals surface area contributed by atoms with Crippen LogP contribution in [0.4, 0.5) is 4.39 Å². The molecule has 0 atom stereocenters. The molecule has 0 radical (unpaired) electrons. The first kappa shape index (κ1) is 10.9. The molecule has 0 unspecified atom stereocenters. The average molecular weight is 218 g/mol. The molecular formula is C13H15FN2. The van der Waals surface area contributed by atoms with Gasteiger partial charge in [-0.1, -0.05) is 26.8 Å². The minimum Gasteiger partial charge on any atom is -0.303 e. The molecule has 0 saturated carbocycles. The summed E-state index contributed by atoms with van der Waals surface area (Å²) >= 11 is 0. The summed E-state index contributed by atoms with van der Waals surface area (Å²) in [5, 5.41) is 0. The van der Waals surface area contributed by atoms with Crippen molar-refractivity contribution in [1.29, 1.82) is 0 Å². The van der Waals surface area contributed by atoms with Gasteiger partial charge < -0.3 is 4.57 Å². The molecule has 0 saturated heterocycles. The van der Waals surface area contributed by atoms with Crippen molar-refractivity contribution in [3.05, 3.63) is 48.3 Å². The van der Waals surface area contributed by atoms with E-state index in [-0.39, 0.29) is 11.2 Å². The Bertz CT molecular complexity index is 481. The average Bonchev–Trinajstić information content (AvgIpc) is 2.69. The van der Waals surface area contributed by atoms with E-state index in [1.807, 2.05) is 6.07 Å². The number of hydrogen-bond donors (Lipinski definition) is 0. The molecule has 2 nitrogen and oxygen atoms in total. The lowest BCUT2D eigenvalue weighted by Crippen LogP contribution is -2.11. The highest BCUT2D eigenvalue weighted by Gasteiger charge is 2.15. The molecule has 0 aliphatic rings. The lowest BCUT2D eigenvalue weighted by Gasteiger charge is -2.19. The van der Waals surface area contributed by atoms with Crippen LogP contribution in [0.25, 0.3) is 5.69 Å². The summed E-state index contributed by atoms with van der Waals surface area (Å²) in [6.45, 7) is 6.20. The molecule has 0 N–H and O–H groups in total. The number of benzene rings is 1. The standard InChI is InChI=1S/C13H15FN2/c1-13(2,3)10-4-5-12(11(14)8-10)16-7-6-15-9-16/h4-9H,1-3H3. The summed E-state index contributed by atoms with van der Waals surface area (Å²) in [6, 6.07) is 5.34. The fourth-order valence-corrected chi connectivity index (χ4v) is 1.58. The second-order valence-corrected chi connectivity index (χ2v) is 4.89. The maximum absolute atomic E-state index is 13.9. The quantitative estimate of drug-likeness (QED) is 0.718. The van der Waals surface area contributed by atoms with Crippen molar-refractivity contribution in [1.82, 2.24) is 9.55 Å². The van der Waals surface area contributed by atoms with Crippen LogP contribution in [0.2, 0.25) is 0 Å². The van der Waals surface area contributed by atoms with Crippen molar-refractivity contribution in [2.24, 2.45) is 0 Å². The lowest BCUT2D eigenvalue weighted by molar-refractivity contribution is 0.569. The van der Waals surface area contributed by atoms with E-state index in [1.165, 1.54) is 0 Å². The Kier molecular flexibility index (Phi) is 2.54. The largest absolute Gasteiger partial charge is 0.303 e. The van der Waals surface area contributed by atoms with Gasteiger partial charge in [0.05, 0.1) is 12.0 Å². The Labute approximate surface area is 94.8 Å². The summed E-state index contributed by atoms with van der Waals surface area (Å²) in [5.74, 6) is -0.217. The SMILES string of the molecule is CC(C)(C)c1ccc(-n2ccnc2)c(F)c1. The van der Waals surface area contributed by atoms with Gasteiger partial charge in [0.15, 0.2) is 0 Å². The zero-order valence-corrected chi connectivity index (χ0v) is 9.74.